The van der Waals surface area contributed by atoms with Crippen LogP contribution in [-0.4, -0.2) is 12.3 Å². The van der Waals surface area contributed by atoms with E-state index in [2.05, 4.69) is 241 Å². The Hall–Kier alpha value is -6.98. The first-order chi connectivity index (χ1) is 33.6. The maximum atomic E-state index is 6.93. The summed E-state index contributed by atoms with van der Waals surface area (Å²) in [5.74, 6) is 0. The molecule has 1 fully saturated rings. The van der Waals surface area contributed by atoms with Crippen LogP contribution in [0.25, 0.3) is 33.1 Å². The molecule has 1 aromatic heterocycles. The smallest absolute Gasteiger partial charge is 0.252 e. The molecule has 3 aliphatic heterocycles. The van der Waals surface area contributed by atoms with Gasteiger partial charge in [-0.15, -0.1) is 0 Å². The van der Waals surface area contributed by atoms with Gasteiger partial charge < -0.3 is 19.1 Å². The summed E-state index contributed by atoms with van der Waals surface area (Å²) in [6.45, 7) is 21.3. The standard InChI is InChI=1S/C65H62BN3O/c1-41-36-57-60-58(37-41)68(54-26-19-23-47-46-22-13-16-27-59(46)70-61(47)54)55-39-44(63(5,6)7)28-31-50(55)66(60)51-32-30-45(69-53-25-15-14-24-49(53)64(8)34-17-18-35-65(64,69)9)40-56(51)67(57)52-33-29-43(62(2,3)4)38-48(52)42-20-11-10-12-21-42/h10-16,19-33,36-40H,17-18,34-35H2,1-9H3. The van der Waals surface area contributed by atoms with Crippen molar-refractivity contribution in [1.29, 1.82) is 0 Å². The number of nitrogens with zero attached hydrogens (tertiary/aromatic N) is 3. The molecule has 5 heteroatoms. The average Bonchev–Trinajstić information content (AvgIpc) is 3.83. The van der Waals surface area contributed by atoms with Gasteiger partial charge in [-0.1, -0.05) is 164 Å². The van der Waals surface area contributed by atoms with E-state index in [1.165, 1.54) is 109 Å². The zero-order valence-corrected chi connectivity index (χ0v) is 42.2. The number of hydrogen-bond acceptors (Lipinski definition) is 4. The van der Waals surface area contributed by atoms with Gasteiger partial charge in [0.05, 0.1) is 16.9 Å². The lowest BCUT2D eigenvalue weighted by atomic mass is 9.33. The molecule has 0 amide bonds. The summed E-state index contributed by atoms with van der Waals surface area (Å²) in [7, 11) is 0. The number of fused-ring (bicyclic) bond motifs is 10. The quantitative estimate of drug-likeness (QED) is 0.164. The first-order valence-corrected chi connectivity index (χ1v) is 25.7. The molecule has 4 nitrogen and oxygen atoms in total. The lowest BCUT2D eigenvalue weighted by Gasteiger charge is -2.50. The Bertz CT molecular complexity index is 3610. The van der Waals surface area contributed by atoms with E-state index in [0.29, 0.717) is 0 Å². The van der Waals surface area contributed by atoms with Gasteiger partial charge in [-0.3, -0.25) is 0 Å². The number of anilines is 8. The van der Waals surface area contributed by atoms with Gasteiger partial charge in [0.1, 0.15) is 5.58 Å². The summed E-state index contributed by atoms with van der Waals surface area (Å²) in [6, 6.07) is 62.5. The van der Waals surface area contributed by atoms with Crippen LogP contribution in [0.3, 0.4) is 0 Å². The lowest BCUT2D eigenvalue weighted by Crippen LogP contribution is -2.61. The second kappa shape index (κ2) is 15.0. The summed E-state index contributed by atoms with van der Waals surface area (Å²) < 4.78 is 6.93. The van der Waals surface area contributed by atoms with Gasteiger partial charge in [-0.25, -0.2) is 0 Å². The number of para-hydroxylation sites is 3. The third-order valence-electron chi connectivity index (χ3n) is 17.1. The SMILES string of the molecule is Cc1cc2c3c(c1)N(c1cccc4c1oc1ccccc14)c1cc(C(C)(C)C)ccc1B3c1ccc(N3c4ccccc4C4(C)CCCCC34C)cc1N2c1ccc(C(C)(C)C)cc1-c1ccccc1. The lowest BCUT2D eigenvalue weighted by molar-refractivity contribution is 0.195. The third kappa shape index (κ3) is 6.09. The third-order valence-corrected chi connectivity index (χ3v) is 17.1. The minimum atomic E-state index is -0.0765. The Balaban J connectivity index is 1.13. The van der Waals surface area contributed by atoms with Crippen LogP contribution in [0.4, 0.5) is 45.5 Å². The van der Waals surface area contributed by atoms with Crippen LogP contribution in [0, 0.1) is 6.92 Å². The molecule has 0 radical (unpaired) electrons. The van der Waals surface area contributed by atoms with Crippen LogP contribution in [0.1, 0.15) is 103 Å². The van der Waals surface area contributed by atoms with Crippen LogP contribution in [0.2, 0.25) is 0 Å². The minimum Gasteiger partial charge on any atom is -0.454 e. The molecule has 2 unspecified atom stereocenters. The molecule has 4 heterocycles. The largest absolute Gasteiger partial charge is 0.454 e. The average molecular weight is 912 g/mol. The van der Waals surface area contributed by atoms with Gasteiger partial charge in [-0.2, -0.15) is 0 Å². The van der Waals surface area contributed by atoms with Gasteiger partial charge in [0, 0.05) is 55.9 Å². The van der Waals surface area contributed by atoms with Crippen molar-refractivity contribution in [2.24, 2.45) is 0 Å². The van der Waals surface area contributed by atoms with E-state index in [1.807, 2.05) is 0 Å². The summed E-state index contributed by atoms with van der Waals surface area (Å²) in [5, 5.41) is 2.26. The van der Waals surface area contributed by atoms with E-state index in [1.54, 1.807) is 0 Å². The molecule has 9 aromatic rings. The Morgan fingerprint density at radius 3 is 1.90 bits per heavy atom. The molecule has 0 N–H and O–H groups in total. The summed E-state index contributed by atoms with van der Waals surface area (Å²) in [4.78, 5) is 7.94. The Morgan fingerprint density at radius 1 is 0.514 bits per heavy atom. The van der Waals surface area contributed by atoms with Crippen LogP contribution in [0.5, 0.6) is 0 Å². The molecule has 4 aliphatic rings. The molecule has 2 atom stereocenters. The molecular formula is C65H62BN3O. The van der Waals surface area contributed by atoms with Gasteiger partial charge in [-0.05, 0) is 142 Å². The van der Waals surface area contributed by atoms with Crippen molar-refractivity contribution in [1.82, 2.24) is 0 Å². The maximum Gasteiger partial charge on any atom is 0.252 e. The normalized spacial score (nSPS) is 19.3. The van der Waals surface area contributed by atoms with Crippen LogP contribution >= 0.6 is 0 Å². The van der Waals surface area contributed by atoms with Crippen molar-refractivity contribution in [3.8, 4) is 11.1 Å². The van der Waals surface area contributed by atoms with Crippen molar-refractivity contribution in [2.45, 2.75) is 110 Å². The first kappa shape index (κ1) is 43.1. The predicted octanol–water partition coefficient (Wildman–Crippen LogP) is 16.0. The molecule has 8 aromatic carbocycles. The summed E-state index contributed by atoms with van der Waals surface area (Å²) in [6.07, 6.45) is 4.84. The fourth-order valence-electron chi connectivity index (χ4n) is 13.3. The molecule has 0 spiro atoms. The van der Waals surface area contributed by atoms with Crippen molar-refractivity contribution in [3.05, 3.63) is 186 Å². The highest BCUT2D eigenvalue weighted by Gasteiger charge is 2.58. The van der Waals surface area contributed by atoms with Gasteiger partial charge in [0.15, 0.2) is 5.58 Å². The second-order valence-electron chi connectivity index (χ2n) is 23.4. The maximum absolute atomic E-state index is 6.93. The zero-order valence-electron chi connectivity index (χ0n) is 42.2. The predicted molar refractivity (Wildman–Crippen MR) is 298 cm³/mol. The molecule has 0 bridgehead atoms. The highest BCUT2D eigenvalue weighted by Crippen LogP contribution is 2.61. The van der Waals surface area contributed by atoms with Crippen LogP contribution < -0.4 is 31.1 Å². The van der Waals surface area contributed by atoms with Crippen molar-refractivity contribution >= 4 is 90.5 Å². The van der Waals surface area contributed by atoms with Gasteiger partial charge in [0.2, 0.25) is 0 Å². The van der Waals surface area contributed by atoms with E-state index in [9.17, 15) is 0 Å². The van der Waals surface area contributed by atoms with E-state index >= 15 is 0 Å². The van der Waals surface area contributed by atoms with Gasteiger partial charge in [0.25, 0.3) is 6.71 Å². The number of rotatable bonds is 4. The fourth-order valence-corrected chi connectivity index (χ4v) is 13.3. The molecule has 346 valence electrons. The topological polar surface area (TPSA) is 22.9 Å². The molecule has 1 aliphatic carbocycles. The van der Waals surface area contributed by atoms with Gasteiger partial charge >= 0.3 is 0 Å². The van der Waals surface area contributed by atoms with E-state index in [-0.39, 0.29) is 28.5 Å². The Kier molecular flexibility index (Phi) is 9.24. The first-order valence-electron chi connectivity index (χ1n) is 25.7. The Labute approximate surface area is 414 Å². The summed E-state index contributed by atoms with van der Waals surface area (Å²) >= 11 is 0. The van der Waals surface area contributed by atoms with E-state index in [4.69, 9.17) is 4.42 Å². The van der Waals surface area contributed by atoms with Crippen LogP contribution in [-0.2, 0) is 16.2 Å². The number of benzene rings is 8. The van der Waals surface area contributed by atoms with E-state index in [0.717, 1.165) is 34.0 Å². The number of aryl methyl sites for hydroxylation is 1. The number of furan rings is 1. The summed E-state index contributed by atoms with van der Waals surface area (Å²) in [5.41, 5.74) is 23.0. The minimum absolute atomic E-state index is 0.0311. The fraction of sp³-hybridized carbons (Fsp3) is 0.262. The monoisotopic (exact) mass is 911 g/mol. The highest BCUT2D eigenvalue weighted by atomic mass is 16.3. The molecular weight excluding hydrogens is 850 g/mol. The zero-order chi connectivity index (χ0) is 48.1. The molecule has 70 heavy (non-hydrogen) atoms. The molecule has 0 saturated heterocycles. The van der Waals surface area contributed by atoms with Crippen LogP contribution in [0.15, 0.2) is 168 Å². The Morgan fingerprint density at radius 2 is 1.13 bits per heavy atom. The van der Waals surface area contributed by atoms with Crippen molar-refractivity contribution < 1.29 is 4.42 Å². The second-order valence-corrected chi connectivity index (χ2v) is 23.4. The van der Waals surface area contributed by atoms with Crippen molar-refractivity contribution in [2.75, 3.05) is 14.7 Å². The highest BCUT2D eigenvalue weighted by molar-refractivity contribution is 7.00. The van der Waals surface area contributed by atoms with E-state index < -0.39 is 0 Å². The number of hydrogen-bond donors (Lipinski definition) is 0. The molecule has 1 saturated carbocycles. The van der Waals surface area contributed by atoms with Crippen molar-refractivity contribution in [3.63, 3.8) is 0 Å². The molecule has 13 rings (SSSR count).